The van der Waals surface area contributed by atoms with Crippen LogP contribution in [0.4, 0.5) is 0 Å². The van der Waals surface area contributed by atoms with Crippen molar-refractivity contribution in [3.05, 3.63) is 36.5 Å². The molecule has 550 valence electrons. The summed E-state index contributed by atoms with van der Waals surface area (Å²) in [6.45, 7) is 4.97. The highest BCUT2D eigenvalue weighted by Gasteiger charge is 2.18. The fraction of sp³-hybridized carbons (Fsp3) is 0.908. The summed E-state index contributed by atoms with van der Waals surface area (Å²) >= 11 is 0. The topological polar surface area (TPSA) is 95.9 Å². The lowest BCUT2D eigenvalue weighted by Gasteiger charge is -2.20. The summed E-state index contributed by atoms with van der Waals surface area (Å²) in [6.07, 6.45) is 109. The number of carbonyl (C=O) groups is 2. The number of hydrogen-bond acceptors (Lipinski definition) is 5. The molecular formula is C87H167NO5. The first-order chi connectivity index (χ1) is 46.0. The maximum atomic E-state index is 12.6. The molecule has 0 rings (SSSR count). The molecule has 0 aliphatic carbocycles. The van der Waals surface area contributed by atoms with Gasteiger partial charge in [0.25, 0.3) is 0 Å². The summed E-state index contributed by atoms with van der Waals surface area (Å²) in [4.78, 5) is 24.7. The Labute approximate surface area is 583 Å². The number of hydrogen-bond donors (Lipinski definition) is 3. The van der Waals surface area contributed by atoms with Crippen LogP contribution in [0.3, 0.4) is 0 Å². The molecular weight excluding hydrogens is 1140 g/mol. The number of amides is 1. The fourth-order valence-electron chi connectivity index (χ4n) is 13.7. The molecule has 0 fully saturated rings. The Morgan fingerprint density at radius 3 is 0.817 bits per heavy atom. The molecule has 2 unspecified atom stereocenters. The van der Waals surface area contributed by atoms with Gasteiger partial charge < -0.3 is 20.3 Å². The van der Waals surface area contributed by atoms with Gasteiger partial charge in [0.15, 0.2) is 0 Å². The molecule has 0 aromatic carbocycles. The van der Waals surface area contributed by atoms with Crippen molar-refractivity contribution >= 4 is 11.9 Å². The predicted molar refractivity (Wildman–Crippen MR) is 412 cm³/mol. The van der Waals surface area contributed by atoms with Crippen LogP contribution >= 0.6 is 0 Å². The molecule has 2 atom stereocenters. The number of nitrogens with one attached hydrogen (secondary N) is 1. The van der Waals surface area contributed by atoms with Crippen molar-refractivity contribution in [2.75, 3.05) is 13.2 Å². The Morgan fingerprint density at radius 2 is 0.538 bits per heavy atom. The normalized spacial score (nSPS) is 12.6. The second-order valence-electron chi connectivity index (χ2n) is 29.5. The molecule has 0 heterocycles. The minimum atomic E-state index is -0.844. The monoisotopic (exact) mass is 1310 g/mol. The third kappa shape index (κ3) is 79.0. The Balaban J connectivity index is 3.36. The zero-order valence-electron chi connectivity index (χ0n) is 63.3. The lowest BCUT2D eigenvalue weighted by atomic mass is 10.0. The highest BCUT2D eigenvalue weighted by atomic mass is 16.5. The van der Waals surface area contributed by atoms with E-state index < -0.39 is 12.1 Å². The van der Waals surface area contributed by atoms with Crippen molar-refractivity contribution in [3.63, 3.8) is 0 Å². The van der Waals surface area contributed by atoms with E-state index in [0.717, 1.165) is 44.9 Å². The van der Waals surface area contributed by atoms with Crippen LogP contribution in [0.2, 0.25) is 0 Å². The summed E-state index contributed by atoms with van der Waals surface area (Å²) in [5, 5.41) is 23.3. The molecule has 0 aliphatic heterocycles. The first-order valence-corrected chi connectivity index (χ1v) is 42.8. The van der Waals surface area contributed by atoms with Crippen molar-refractivity contribution in [2.24, 2.45) is 0 Å². The van der Waals surface area contributed by atoms with Crippen molar-refractivity contribution in [3.8, 4) is 0 Å². The molecule has 93 heavy (non-hydrogen) atoms. The highest BCUT2D eigenvalue weighted by Crippen LogP contribution is 2.20. The zero-order valence-corrected chi connectivity index (χ0v) is 63.3. The SMILES string of the molecule is CCCCCCCCCCCCCCCCCCCCC/C=C/C(O)C(CO)NC(=O)CCCCCCCCCCCCCCCCCCC/C=C\C/C=C\CCCCCCCCCCCCCCCCCOC(=O)CCCCCCCCCCCCCCCCCC. The largest absolute Gasteiger partial charge is 0.466 e. The quantitative estimate of drug-likeness (QED) is 0.0320. The van der Waals surface area contributed by atoms with Gasteiger partial charge in [-0.15, -0.1) is 0 Å². The Bertz CT molecular complexity index is 1510. The van der Waals surface area contributed by atoms with E-state index in [0.29, 0.717) is 19.4 Å². The molecule has 0 radical (unpaired) electrons. The Morgan fingerprint density at radius 1 is 0.301 bits per heavy atom. The minimum absolute atomic E-state index is 0.0245. The van der Waals surface area contributed by atoms with Gasteiger partial charge in [0.05, 0.1) is 25.4 Å². The number of allylic oxidation sites excluding steroid dienone is 5. The fourth-order valence-corrected chi connectivity index (χ4v) is 13.7. The van der Waals surface area contributed by atoms with Gasteiger partial charge in [0.2, 0.25) is 5.91 Å². The number of esters is 1. The van der Waals surface area contributed by atoms with E-state index in [-0.39, 0.29) is 18.5 Å². The molecule has 0 aromatic rings. The third-order valence-corrected chi connectivity index (χ3v) is 20.2. The van der Waals surface area contributed by atoms with Crippen LogP contribution < -0.4 is 5.32 Å². The number of rotatable bonds is 81. The van der Waals surface area contributed by atoms with Crippen LogP contribution in [-0.4, -0.2) is 47.4 Å². The second-order valence-corrected chi connectivity index (χ2v) is 29.5. The maximum absolute atomic E-state index is 12.6. The third-order valence-electron chi connectivity index (χ3n) is 20.2. The summed E-state index contributed by atoms with van der Waals surface area (Å²) in [5.41, 5.74) is 0. The molecule has 6 nitrogen and oxygen atoms in total. The summed E-state index contributed by atoms with van der Waals surface area (Å²) in [5.74, 6) is -0.0355. The van der Waals surface area contributed by atoms with Crippen LogP contribution in [0.25, 0.3) is 0 Å². The molecule has 0 bridgehead atoms. The van der Waals surface area contributed by atoms with Gasteiger partial charge >= 0.3 is 5.97 Å². The van der Waals surface area contributed by atoms with Crippen molar-refractivity contribution in [1.29, 1.82) is 0 Å². The first kappa shape index (κ1) is 91.1. The molecule has 3 N–H and O–H groups in total. The van der Waals surface area contributed by atoms with E-state index in [4.69, 9.17) is 4.74 Å². The van der Waals surface area contributed by atoms with E-state index in [1.807, 2.05) is 6.08 Å². The van der Waals surface area contributed by atoms with Gasteiger partial charge in [0.1, 0.15) is 0 Å². The lowest BCUT2D eigenvalue weighted by molar-refractivity contribution is -0.143. The zero-order chi connectivity index (χ0) is 67.0. The minimum Gasteiger partial charge on any atom is -0.466 e. The van der Waals surface area contributed by atoms with Crippen LogP contribution in [0, 0.1) is 0 Å². The Kier molecular flexibility index (Phi) is 80.8. The number of carbonyl (C=O) groups excluding carboxylic acids is 2. The van der Waals surface area contributed by atoms with Crippen LogP contribution in [0.5, 0.6) is 0 Å². The predicted octanol–water partition coefficient (Wildman–Crippen LogP) is 28.6. The van der Waals surface area contributed by atoms with E-state index in [1.165, 1.54) is 411 Å². The number of ether oxygens (including phenoxy) is 1. The second kappa shape index (κ2) is 82.5. The van der Waals surface area contributed by atoms with Crippen molar-refractivity contribution in [2.45, 2.75) is 495 Å². The van der Waals surface area contributed by atoms with E-state index in [1.54, 1.807) is 6.08 Å². The maximum Gasteiger partial charge on any atom is 0.305 e. The molecule has 0 aliphatic rings. The summed E-state index contributed by atoms with van der Waals surface area (Å²) in [6, 6.07) is -0.627. The summed E-state index contributed by atoms with van der Waals surface area (Å²) < 4.78 is 5.51. The first-order valence-electron chi connectivity index (χ1n) is 42.8. The Hall–Kier alpha value is -1.92. The van der Waals surface area contributed by atoms with Gasteiger partial charge in [-0.1, -0.05) is 442 Å². The molecule has 6 heteroatoms. The van der Waals surface area contributed by atoms with E-state index in [2.05, 4.69) is 43.5 Å². The molecule has 0 spiro atoms. The van der Waals surface area contributed by atoms with Crippen molar-refractivity contribution < 1.29 is 24.5 Å². The molecule has 1 amide bonds. The average Bonchev–Trinajstić information content (AvgIpc) is 3.64. The van der Waals surface area contributed by atoms with Gasteiger partial charge in [-0.25, -0.2) is 0 Å². The van der Waals surface area contributed by atoms with Gasteiger partial charge in [-0.3, -0.25) is 9.59 Å². The number of aliphatic hydroxyl groups is 2. The van der Waals surface area contributed by atoms with Gasteiger partial charge in [0, 0.05) is 12.8 Å². The summed E-state index contributed by atoms with van der Waals surface area (Å²) in [7, 11) is 0. The van der Waals surface area contributed by atoms with Crippen LogP contribution in [0.15, 0.2) is 36.5 Å². The number of unbranched alkanes of at least 4 members (excludes halogenated alkanes) is 66. The molecule has 0 saturated carbocycles. The van der Waals surface area contributed by atoms with Crippen LogP contribution in [-0.2, 0) is 14.3 Å². The molecule has 0 aromatic heterocycles. The smallest absolute Gasteiger partial charge is 0.305 e. The van der Waals surface area contributed by atoms with Gasteiger partial charge in [-0.05, 0) is 64.2 Å². The van der Waals surface area contributed by atoms with Gasteiger partial charge in [-0.2, -0.15) is 0 Å². The number of aliphatic hydroxyl groups excluding tert-OH is 2. The van der Waals surface area contributed by atoms with E-state index in [9.17, 15) is 19.8 Å². The van der Waals surface area contributed by atoms with E-state index >= 15 is 0 Å². The van der Waals surface area contributed by atoms with Crippen molar-refractivity contribution in [1.82, 2.24) is 5.32 Å². The average molecular weight is 1310 g/mol. The lowest BCUT2D eigenvalue weighted by Crippen LogP contribution is -2.45. The standard InChI is InChI=1S/C87H167NO5/c1-3-5-7-9-11-13-15-17-19-21-22-42-45-48-51-55-59-63-67-71-75-79-85(90)84(83-89)88-86(91)80-76-72-68-64-60-56-52-49-46-43-40-38-36-34-32-30-28-26-24-23-25-27-29-31-33-35-37-39-41-44-47-50-54-58-62-66-70-74-78-82-93-87(92)81-77-73-69-65-61-57-53-20-18-16-14-12-10-8-6-4-2/h23-24,27,29,75,79,84-85,89-90H,3-22,25-26,28,30-74,76-78,80-83H2,1-2H3,(H,88,91)/b24-23-,29-27-,79-75+. The molecule has 0 saturated heterocycles. The highest BCUT2D eigenvalue weighted by molar-refractivity contribution is 5.76. The van der Waals surface area contributed by atoms with Crippen LogP contribution in [0.1, 0.15) is 483 Å².